The standard InChI is InChI=1S/C17H20N2O3S/c1-17(2,10-12-6-4-3-5-7-12)16(22)18-9-8-14-19-13(11-23-14)15(20)21/h3-7,11H,8-10H2,1-2H3,(H,18,22)(H,20,21). The van der Waals surface area contributed by atoms with Crippen LogP contribution < -0.4 is 5.32 Å². The Bertz CT molecular complexity index is 680. The highest BCUT2D eigenvalue weighted by Crippen LogP contribution is 2.22. The van der Waals surface area contributed by atoms with E-state index in [1.165, 1.54) is 16.7 Å². The molecule has 2 aromatic rings. The quantitative estimate of drug-likeness (QED) is 0.817. The Hall–Kier alpha value is -2.21. The van der Waals surface area contributed by atoms with E-state index in [1.807, 2.05) is 44.2 Å². The van der Waals surface area contributed by atoms with Crippen LogP contribution in [-0.4, -0.2) is 28.5 Å². The van der Waals surface area contributed by atoms with Crippen molar-refractivity contribution >= 4 is 23.2 Å². The molecule has 2 rings (SSSR count). The van der Waals surface area contributed by atoms with Gasteiger partial charge in [-0.3, -0.25) is 4.79 Å². The van der Waals surface area contributed by atoms with E-state index in [1.54, 1.807) is 0 Å². The summed E-state index contributed by atoms with van der Waals surface area (Å²) >= 11 is 1.30. The van der Waals surface area contributed by atoms with E-state index < -0.39 is 11.4 Å². The average Bonchev–Trinajstić information content (AvgIpc) is 2.97. The third-order valence-corrected chi connectivity index (χ3v) is 4.41. The van der Waals surface area contributed by atoms with E-state index in [4.69, 9.17) is 5.11 Å². The number of carboxylic acid groups (broad SMARTS) is 1. The van der Waals surface area contributed by atoms with Gasteiger partial charge in [0.15, 0.2) is 5.69 Å². The minimum atomic E-state index is -1.03. The molecule has 1 heterocycles. The largest absolute Gasteiger partial charge is 0.476 e. The monoisotopic (exact) mass is 332 g/mol. The van der Waals surface area contributed by atoms with Crippen molar-refractivity contribution < 1.29 is 14.7 Å². The van der Waals surface area contributed by atoms with Crippen LogP contribution in [0.25, 0.3) is 0 Å². The number of rotatable bonds is 7. The number of hydrogen-bond acceptors (Lipinski definition) is 4. The van der Waals surface area contributed by atoms with Crippen molar-refractivity contribution in [2.75, 3.05) is 6.54 Å². The summed E-state index contributed by atoms with van der Waals surface area (Å²) in [4.78, 5) is 27.1. The fraction of sp³-hybridized carbons (Fsp3) is 0.353. The maximum atomic E-state index is 12.4. The van der Waals surface area contributed by atoms with Crippen molar-refractivity contribution in [3.05, 3.63) is 52.0 Å². The van der Waals surface area contributed by atoms with Crippen LogP contribution in [0.5, 0.6) is 0 Å². The third kappa shape index (κ3) is 4.89. The zero-order valence-corrected chi connectivity index (χ0v) is 14.0. The maximum absolute atomic E-state index is 12.4. The molecule has 6 heteroatoms. The van der Waals surface area contributed by atoms with Gasteiger partial charge in [-0.1, -0.05) is 44.2 Å². The van der Waals surface area contributed by atoms with Gasteiger partial charge in [-0.2, -0.15) is 0 Å². The summed E-state index contributed by atoms with van der Waals surface area (Å²) in [6.45, 7) is 4.28. The molecule has 1 aromatic carbocycles. The lowest BCUT2D eigenvalue weighted by Gasteiger charge is -2.23. The van der Waals surface area contributed by atoms with E-state index >= 15 is 0 Å². The number of benzene rings is 1. The van der Waals surface area contributed by atoms with Crippen LogP contribution in [0.1, 0.15) is 34.9 Å². The van der Waals surface area contributed by atoms with Crippen LogP contribution in [0.3, 0.4) is 0 Å². The van der Waals surface area contributed by atoms with Crippen molar-refractivity contribution in [3.8, 4) is 0 Å². The highest BCUT2D eigenvalue weighted by atomic mass is 32.1. The first-order valence-electron chi connectivity index (χ1n) is 7.38. The lowest BCUT2D eigenvalue weighted by Crippen LogP contribution is -2.39. The number of nitrogens with zero attached hydrogens (tertiary/aromatic N) is 1. The first kappa shape index (κ1) is 17.1. The molecule has 23 heavy (non-hydrogen) atoms. The van der Waals surface area contributed by atoms with Crippen LogP contribution in [0.15, 0.2) is 35.7 Å². The van der Waals surface area contributed by atoms with Crippen molar-refractivity contribution in [2.24, 2.45) is 5.41 Å². The second kappa shape index (κ2) is 7.37. The van der Waals surface area contributed by atoms with Gasteiger partial charge in [0.1, 0.15) is 0 Å². The first-order valence-corrected chi connectivity index (χ1v) is 8.26. The Kier molecular flexibility index (Phi) is 5.50. The van der Waals surface area contributed by atoms with Crippen molar-refractivity contribution in [1.82, 2.24) is 10.3 Å². The molecule has 0 aliphatic carbocycles. The minimum Gasteiger partial charge on any atom is -0.476 e. The predicted octanol–water partition coefficient (Wildman–Crippen LogP) is 2.77. The molecule has 5 nitrogen and oxygen atoms in total. The van der Waals surface area contributed by atoms with Gasteiger partial charge in [-0.25, -0.2) is 9.78 Å². The van der Waals surface area contributed by atoms with Gasteiger partial charge in [0.05, 0.1) is 5.01 Å². The van der Waals surface area contributed by atoms with Gasteiger partial charge in [0.2, 0.25) is 5.91 Å². The molecule has 0 spiro atoms. The van der Waals surface area contributed by atoms with Gasteiger partial charge < -0.3 is 10.4 Å². The average molecular weight is 332 g/mol. The molecule has 1 amide bonds. The van der Waals surface area contributed by atoms with Crippen LogP contribution in [0, 0.1) is 5.41 Å². The van der Waals surface area contributed by atoms with Crippen molar-refractivity contribution in [3.63, 3.8) is 0 Å². The summed E-state index contributed by atoms with van der Waals surface area (Å²) in [7, 11) is 0. The molecule has 0 unspecified atom stereocenters. The number of aromatic nitrogens is 1. The molecule has 0 atom stereocenters. The minimum absolute atomic E-state index is 0.0173. The van der Waals surface area contributed by atoms with Crippen molar-refractivity contribution in [1.29, 1.82) is 0 Å². The van der Waals surface area contributed by atoms with E-state index in [0.29, 0.717) is 24.4 Å². The molecule has 0 radical (unpaired) electrons. The van der Waals surface area contributed by atoms with E-state index in [9.17, 15) is 9.59 Å². The fourth-order valence-corrected chi connectivity index (χ4v) is 3.00. The molecule has 0 bridgehead atoms. The molecule has 0 aliphatic heterocycles. The number of thiazole rings is 1. The third-order valence-electron chi connectivity index (χ3n) is 3.50. The zero-order valence-electron chi connectivity index (χ0n) is 13.2. The number of aromatic carboxylic acids is 1. The Morgan fingerprint density at radius 3 is 2.57 bits per heavy atom. The summed E-state index contributed by atoms with van der Waals surface area (Å²) in [6.07, 6.45) is 1.20. The topological polar surface area (TPSA) is 79.3 Å². The summed E-state index contributed by atoms with van der Waals surface area (Å²) in [5.41, 5.74) is 0.676. The van der Waals surface area contributed by atoms with E-state index in [0.717, 1.165) is 5.56 Å². The lowest BCUT2D eigenvalue weighted by atomic mass is 9.85. The van der Waals surface area contributed by atoms with Gasteiger partial charge in [0.25, 0.3) is 0 Å². The lowest BCUT2D eigenvalue weighted by molar-refractivity contribution is -0.129. The van der Waals surface area contributed by atoms with Gasteiger partial charge >= 0.3 is 5.97 Å². The van der Waals surface area contributed by atoms with Gasteiger partial charge in [-0.15, -0.1) is 11.3 Å². The Labute approximate surface area is 139 Å². The summed E-state index contributed by atoms with van der Waals surface area (Å²) in [5, 5.41) is 14.0. The molecule has 0 aliphatic rings. The SMILES string of the molecule is CC(C)(Cc1ccccc1)C(=O)NCCc1nc(C(=O)O)cs1. The highest BCUT2D eigenvalue weighted by molar-refractivity contribution is 7.09. The smallest absolute Gasteiger partial charge is 0.355 e. The van der Waals surface area contributed by atoms with Crippen LogP contribution >= 0.6 is 11.3 Å². The summed E-state index contributed by atoms with van der Waals surface area (Å²) < 4.78 is 0. The normalized spacial score (nSPS) is 11.2. The van der Waals surface area contributed by atoms with E-state index in [2.05, 4.69) is 10.3 Å². The summed E-state index contributed by atoms with van der Waals surface area (Å²) in [6, 6.07) is 9.91. The molecule has 1 aromatic heterocycles. The zero-order chi connectivity index (χ0) is 16.9. The molecular formula is C17H20N2O3S. The van der Waals surface area contributed by atoms with Crippen LogP contribution in [0.4, 0.5) is 0 Å². The van der Waals surface area contributed by atoms with Crippen LogP contribution in [-0.2, 0) is 17.6 Å². The van der Waals surface area contributed by atoms with Crippen LogP contribution in [0.2, 0.25) is 0 Å². The number of carboxylic acids is 1. The number of hydrogen-bond donors (Lipinski definition) is 2. The Morgan fingerprint density at radius 1 is 1.26 bits per heavy atom. The highest BCUT2D eigenvalue weighted by Gasteiger charge is 2.27. The summed E-state index contributed by atoms with van der Waals surface area (Å²) in [5.74, 6) is -1.04. The first-order chi connectivity index (χ1) is 10.9. The predicted molar refractivity (Wildman–Crippen MR) is 89.7 cm³/mol. The van der Waals surface area contributed by atoms with Gasteiger partial charge in [0, 0.05) is 23.8 Å². The van der Waals surface area contributed by atoms with Crippen molar-refractivity contribution in [2.45, 2.75) is 26.7 Å². The second-order valence-electron chi connectivity index (χ2n) is 5.98. The number of nitrogens with one attached hydrogen (secondary N) is 1. The number of amides is 1. The molecular weight excluding hydrogens is 312 g/mol. The molecule has 0 saturated carbocycles. The number of carbonyl (C=O) groups is 2. The Balaban J connectivity index is 1.84. The molecule has 122 valence electrons. The maximum Gasteiger partial charge on any atom is 0.355 e. The molecule has 0 fully saturated rings. The molecule has 2 N–H and O–H groups in total. The Morgan fingerprint density at radius 2 is 1.96 bits per heavy atom. The fourth-order valence-electron chi connectivity index (χ4n) is 2.23. The molecule has 0 saturated heterocycles. The second-order valence-corrected chi connectivity index (χ2v) is 6.93. The number of carbonyl (C=O) groups excluding carboxylic acids is 1. The van der Waals surface area contributed by atoms with Gasteiger partial charge in [-0.05, 0) is 12.0 Å². The van der Waals surface area contributed by atoms with E-state index in [-0.39, 0.29) is 11.6 Å².